The van der Waals surface area contributed by atoms with Crippen molar-refractivity contribution in [1.29, 1.82) is 0 Å². The summed E-state index contributed by atoms with van der Waals surface area (Å²) < 4.78 is 18.9. The Labute approximate surface area is 178 Å². The van der Waals surface area contributed by atoms with Gasteiger partial charge in [0.15, 0.2) is 17.5 Å². The van der Waals surface area contributed by atoms with Gasteiger partial charge in [0, 0.05) is 39.3 Å². The second-order valence-electron chi connectivity index (χ2n) is 7.33. The molecule has 1 fully saturated rings. The molecule has 0 unspecified atom stereocenters. The van der Waals surface area contributed by atoms with Gasteiger partial charge in [-0.15, -0.1) is 0 Å². The molecule has 2 aromatic rings. The molecule has 0 saturated carbocycles. The van der Waals surface area contributed by atoms with Gasteiger partial charge >= 0.3 is 0 Å². The zero-order chi connectivity index (χ0) is 21.3. The normalized spacial score (nSPS) is 15.3. The summed E-state index contributed by atoms with van der Waals surface area (Å²) in [6.07, 6.45) is 0. The van der Waals surface area contributed by atoms with Gasteiger partial charge in [-0.2, -0.15) is 0 Å². The first-order valence-corrected chi connectivity index (χ1v) is 10.4. The summed E-state index contributed by atoms with van der Waals surface area (Å²) in [6.45, 7) is 7.59. The number of hydrogen-bond donors (Lipinski definition) is 2. The maximum absolute atomic E-state index is 13.9. The number of nitrogens with one attached hydrogen (secondary N) is 1. The summed E-state index contributed by atoms with van der Waals surface area (Å²) in [5.41, 5.74) is 2.90. The van der Waals surface area contributed by atoms with E-state index in [4.69, 9.17) is 9.73 Å². The summed E-state index contributed by atoms with van der Waals surface area (Å²) in [4.78, 5) is 9.38. The number of aliphatic hydroxyl groups excluding tert-OH is 1. The molecule has 7 heteroatoms. The molecule has 0 spiro atoms. The number of piperazine rings is 1. The maximum Gasteiger partial charge on any atom is 0.194 e. The number of benzene rings is 2. The van der Waals surface area contributed by atoms with Crippen LogP contribution in [0.25, 0.3) is 0 Å². The number of aliphatic imine (C=N–C) groups is 1. The Morgan fingerprint density at radius 1 is 1.13 bits per heavy atom. The zero-order valence-corrected chi connectivity index (χ0v) is 17.8. The van der Waals surface area contributed by atoms with Crippen LogP contribution < -0.4 is 10.1 Å². The fraction of sp³-hybridized carbons (Fsp3) is 0.435. The first kappa shape index (κ1) is 22.1. The van der Waals surface area contributed by atoms with Crippen molar-refractivity contribution in [3.05, 3.63) is 65.0 Å². The molecule has 1 heterocycles. The van der Waals surface area contributed by atoms with Crippen LogP contribution in [-0.4, -0.2) is 60.7 Å². The van der Waals surface area contributed by atoms with Crippen LogP contribution in [0.5, 0.6) is 5.75 Å². The second-order valence-corrected chi connectivity index (χ2v) is 7.33. The molecule has 0 radical (unpaired) electrons. The minimum Gasteiger partial charge on any atom is -0.494 e. The molecule has 0 aliphatic carbocycles. The SMILES string of the molecule is CCNC(=NCc1ccccc1CO)N1CCN(Cc2ccc(OC)c(F)c2)CC1. The highest BCUT2D eigenvalue weighted by Gasteiger charge is 2.20. The van der Waals surface area contributed by atoms with Crippen LogP contribution in [0.1, 0.15) is 23.6 Å². The molecule has 0 aromatic heterocycles. The molecule has 3 rings (SSSR count). The third kappa shape index (κ3) is 5.70. The van der Waals surface area contributed by atoms with E-state index in [-0.39, 0.29) is 18.2 Å². The highest BCUT2D eigenvalue weighted by molar-refractivity contribution is 5.80. The van der Waals surface area contributed by atoms with Gasteiger partial charge in [-0.25, -0.2) is 9.38 Å². The van der Waals surface area contributed by atoms with Crippen molar-refractivity contribution in [2.45, 2.75) is 26.6 Å². The Morgan fingerprint density at radius 3 is 2.50 bits per heavy atom. The fourth-order valence-corrected chi connectivity index (χ4v) is 3.64. The lowest BCUT2D eigenvalue weighted by Crippen LogP contribution is -2.52. The Balaban J connectivity index is 1.59. The molecular weight excluding hydrogens is 383 g/mol. The van der Waals surface area contributed by atoms with Crippen LogP contribution in [0.4, 0.5) is 4.39 Å². The number of nitrogens with zero attached hydrogens (tertiary/aromatic N) is 3. The summed E-state index contributed by atoms with van der Waals surface area (Å²) in [5, 5.41) is 12.9. The van der Waals surface area contributed by atoms with Crippen molar-refractivity contribution in [1.82, 2.24) is 15.1 Å². The number of halogens is 1. The molecule has 162 valence electrons. The molecule has 30 heavy (non-hydrogen) atoms. The molecule has 0 bridgehead atoms. The van der Waals surface area contributed by atoms with Crippen LogP contribution >= 0.6 is 0 Å². The van der Waals surface area contributed by atoms with Crippen molar-refractivity contribution in [3.8, 4) is 5.75 Å². The molecule has 0 amide bonds. The van der Waals surface area contributed by atoms with E-state index in [1.165, 1.54) is 7.11 Å². The van der Waals surface area contributed by atoms with E-state index in [9.17, 15) is 9.50 Å². The topological polar surface area (TPSA) is 60.3 Å². The number of rotatable bonds is 7. The van der Waals surface area contributed by atoms with Crippen LogP contribution in [0.2, 0.25) is 0 Å². The molecule has 0 atom stereocenters. The van der Waals surface area contributed by atoms with Crippen molar-refractivity contribution in [2.75, 3.05) is 39.8 Å². The largest absolute Gasteiger partial charge is 0.494 e. The highest BCUT2D eigenvalue weighted by atomic mass is 19.1. The van der Waals surface area contributed by atoms with Crippen molar-refractivity contribution < 1.29 is 14.2 Å². The van der Waals surface area contributed by atoms with Crippen molar-refractivity contribution in [3.63, 3.8) is 0 Å². The lowest BCUT2D eigenvalue weighted by molar-refractivity contribution is 0.172. The Hall–Kier alpha value is -2.64. The van der Waals surface area contributed by atoms with Crippen LogP contribution in [-0.2, 0) is 19.7 Å². The number of guanidine groups is 1. The number of methoxy groups -OCH3 is 1. The van der Waals surface area contributed by atoms with Gasteiger partial charge in [-0.1, -0.05) is 30.3 Å². The molecule has 2 aromatic carbocycles. The summed E-state index contributed by atoms with van der Waals surface area (Å²) >= 11 is 0. The maximum atomic E-state index is 13.9. The van der Waals surface area contributed by atoms with Crippen molar-refractivity contribution >= 4 is 5.96 Å². The molecule has 1 aliphatic rings. The van der Waals surface area contributed by atoms with Crippen molar-refractivity contribution in [2.24, 2.45) is 4.99 Å². The van der Waals surface area contributed by atoms with E-state index in [0.29, 0.717) is 13.1 Å². The first-order chi connectivity index (χ1) is 14.6. The monoisotopic (exact) mass is 414 g/mol. The van der Waals surface area contributed by atoms with E-state index in [0.717, 1.165) is 55.4 Å². The number of ether oxygens (including phenoxy) is 1. The van der Waals surface area contributed by atoms with E-state index in [1.54, 1.807) is 12.1 Å². The Bertz CT molecular complexity index is 851. The zero-order valence-electron chi connectivity index (χ0n) is 17.8. The van der Waals surface area contributed by atoms with Gasteiger partial charge in [0.25, 0.3) is 0 Å². The van der Waals surface area contributed by atoms with Gasteiger partial charge in [-0.3, -0.25) is 4.90 Å². The summed E-state index contributed by atoms with van der Waals surface area (Å²) in [7, 11) is 1.48. The quantitative estimate of drug-likeness (QED) is 0.539. The predicted octanol–water partition coefficient (Wildman–Crippen LogP) is 2.61. The summed E-state index contributed by atoms with van der Waals surface area (Å²) in [5.74, 6) is 0.844. The highest BCUT2D eigenvalue weighted by Crippen LogP contribution is 2.19. The fourth-order valence-electron chi connectivity index (χ4n) is 3.64. The van der Waals surface area contributed by atoms with Gasteiger partial charge in [0.2, 0.25) is 0 Å². The van der Waals surface area contributed by atoms with E-state index >= 15 is 0 Å². The minimum atomic E-state index is -0.321. The number of aliphatic hydroxyl groups is 1. The minimum absolute atomic E-state index is 0.0207. The summed E-state index contributed by atoms with van der Waals surface area (Å²) in [6, 6.07) is 13.0. The van der Waals surface area contributed by atoms with Gasteiger partial charge in [-0.05, 0) is 35.7 Å². The predicted molar refractivity (Wildman–Crippen MR) is 117 cm³/mol. The van der Waals surface area contributed by atoms with Crippen LogP contribution in [0.15, 0.2) is 47.5 Å². The molecular formula is C23H31FN4O2. The van der Waals surface area contributed by atoms with Crippen LogP contribution in [0.3, 0.4) is 0 Å². The van der Waals surface area contributed by atoms with Gasteiger partial charge in [0.1, 0.15) is 0 Å². The van der Waals surface area contributed by atoms with E-state index in [1.807, 2.05) is 30.3 Å². The molecule has 1 saturated heterocycles. The van der Waals surface area contributed by atoms with E-state index < -0.39 is 0 Å². The Kier molecular flexibility index (Phi) is 8.04. The van der Waals surface area contributed by atoms with E-state index in [2.05, 4.69) is 22.0 Å². The Morgan fingerprint density at radius 2 is 1.87 bits per heavy atom. The van der Waals surface area contributed by atoms with Gasteiger partial charge in [0.05, 0.1) is 20.3 Å². The average molecular weight is 415 g/mol. The van der Waals surface area contributed by atoms with Crippen LogP contribution in [0, 0.1) is 5.82 Å². The third-order valence-corrected chi connectivity index (χ3v) is 5.32. The lowest BCUT2D eigenvalue weighted by atomic mass is 10.1. The molecule has 1 aliphatic heterocycles. The molecule has 2 N–H and O–H groups in total. The third-order valence-electron chi connectivity index (χ3n) is 5.32. The number of hydrogen-bond acceptors (Lipinski definition) is 4. The first-order valence-electron chi connectivity index (χ1n) is 10.4. The lowest BCUT2D eigenvalue weighted by Gasteiger charge is -2.36. The molecule has 6 nitrogen and oxygen atoms in total. The second kappa shape index (κ2) is 10.9. The smallest absolute Gasteiger partial charge is 0.194 e. The average Bonchev–Trinajstić information content (AvgIpc) is 2.77. The standard InChI is InChI=1S/C23H31FN4O2/c1-3-25-23(26-15-19-6-4-5-7-20(19)17-29)28-12-10-27(11-13-28)16-18-8-9-22(30-2)21(24)14-18/h4-9,14,29H,3,10-13,15-17H2,1-2H3,(H,25,26). The van der Waals surface area contributed by atoms with Gasteiger partial charge < -0.3 is 20.1 Å².